The summed E-state index contributed by atoms with van der Waals surface area (Å²) < 4.78 is 3.54. The molecule has 0 atom stereocenters. The first-order valence-corrected chi connectivity index (χ1v) is 6.32. The van der Waals surface area contributed by atoms with Gasteiger partial charge >= 0.3 is 0 Å². The van der Waals surface area contributed by atoms with Crippen LogP contribution in [0.15, 0.2) is 15.3 Å². The zero-order chi connectivity index (χ0) is 14.2. The van der Waals surface area contributed by atoms with Crippen LogP contribution in [0.5, 0.6) is 0 Å². The van der Waals surface area contributed by atoms with Crippen molar-refractivity contribution in [2.45, 2.75) is 24.0 Å². The van der Waals surface area contributed by atoms with Crippen LogP contribution in [0.4, 0.5) is 0 Å². The molecular formula is C10H15N7OS. The van der Waals surface area contributed by atoms with E-state index >= 15 is 0 Å². The Balaban J connectivity index is 2.48. The van der Waals surface area contributed by atoms with Crippen LogP contribution in [0, 0.1) is 13.8 Å². The molecule has 0 unspecified atom stereocenters. The van der Waals surface area contributed by atoms with Gasteiger partial charge in [-0.15, -0.1) is 10.2 Å². The van der Waals surface area contributed by atoms with Crippen molar-refractivity contribution in [3.63, 3.8) is 0 Å². The van der Waals surface area contributed by atoms with E-state index < -0.39 is 0 Å². The topological polar surface area (TPSA) is 107 Å². The molecule has 0 saturated heterocycles. The standard InChI is InChI=1S/C10H15N7OS/c1-5-7(8(11)15-18)9(17(4)14-5)19-10-13-12-6(2)16(10)3/h18H,1-4H3,(H2,11,15). The average Bonchev–Trinajstić information content (AvgIpc) is 2.83. The molecule has 2 rings (SSSR count). The molecule has 0 bridgehead atoms. The van der Waals surface area contributed by atoms with E-state index in [1.807, 2.05) is 18.5 Å². The van der Waals surface area contributed by atoms with Crippen LogP contribution in [-0.2, 0) is 14.1 Å². The van der Waals surface area contributed by atoms with E-state index in [-0.39, 0.29) is 5.84 Å². The molecule has 0 saturated carbocycles. The van der Waals surface area contributed by atoms with Crippen LogP contribution in [0.25, 0.3) is 0 Å². The van der Waals surface area contributed by atoms with Gasteiger partial charge in [0.15, 0.2) is 11.0 Å². The zero-order valence-electron chi connectivity index (χ0n) is 11.1. The highest BCUT2D eigenvalue weighted by atomic mass is 32.2. The number of nitrogens with zero attached hydrogens (tertiary/aromatic N) is 6. The summed E-state index contributed by atoms with van der Waals surface area (Å²) in [7, 11) is 3.68. The maximum atomic E-state index is 8.85. The van der Waals surface area contributed by atoms with Crippen LogP contribution in [0.1, 0.15) is 17.1 Å². The third-order valence-corrected chi connectivity index (χ3v) is 3.97. The molecule has 0 aromatic carbocycles. The van der Waals surface area contributed by atoms with Gasteiger partial charge in [0.05, 0.1) is 11.3 Å². The van der Waals surface area contributed by atoms with Crippen molar-refractivity contribution >= 4 is 17.6 Å². The van der Waals surface area contributed by atoms with E-state index in [1.165, 1.54) is 11.8 Å². The van der Waals surface area contributed by atoms with Crippen LogP contribution in [0.2, 0.25) is 0 Å². The van der Waals surface area contributed by atoms with Gasteiger partial charge in [0, 0.05) is 14.1 Å². The summed E-state index contributed by atoms with van der Waals surface area (Å²) in [5.74, 6) is 0.846. The smallest absolute Gasteiger partial charge is 0.197 e. The van der Waals surface area contributed by atoms with Gasteiger partial charge in [0.25, 0.3) is 0 Å². The summed E-state index contributed by atoms with van der Waals surface area (Å²) in [5, 5.41) is 25.7. The minimum Gasteiger partial charge on any atom is -0.409 e. The van der Waals surface area contributed by atoms with Gasteiger partial charge in [-0.05, 0) is 25.6 Å². The molecule has 9 heteroatoms. The zero-order valence-corrected chi connectivity index (χ0v) is 11.9. The van der Waals surface area contributed by atoms with Crippen molar-refractivity contribution in [2.75, 3.05) is 0 Å². The first kappa shape index (κ1) is 13.4. The first-order valence-electron chi connectivity index (χ1n) is 5.51. The van der Waals surface area contributed by atoms with Crippen molar-refractivity contribution in [3.05, 3.63) is 17.1 Å². The largest absolute Gasteiger partial charge is 0.409 e. The van der Waals surface area contributed by atoms with E-state index in [9.17, 15) is 0 Å². The third-order valence-electron chi connectivity index (χ3n) is 2.77. The second kappa shape index (κ2) is 4.92. The lowest BCUT2D eigenvalue weighted by Gasteiger charge is -2.05. The van der Waals surface area contributed by atoms with Gasteiger partial charge in [-0.1, -0.05) is 5.16 Å². The first-order chi connectivity index (χ1) is 8.95. The number of nitrogens with two attached hydrogens (primary N) is 1. The highest BCUT2D eigenvalue weighted by molar-refractivity contribution is 7.99. The Morgan fingerprint density at radius 2 is 2.00 bits per heavy atom. The molecule has 2 aromatic heterocycles. The number of amidine groups is 1. The van der Waals surface area contributed by atoms with Gasteiger partial charge in [-0.2, -0.15) is 5.10 Å². The fourth-order valence-corrected chi connectivity index (χ4v) is 2.71. The summed E-state index contributed by atoms with van der Waals surface area (Å²) >= 11 is 1.37. The highest BCUT2D eigenvalue weighted by Gasteiger charge is 2.20. The maximum Gasteiger partial charge on any atom is 0.197 e. The average molecular weight is 281 g/mol. The van der Waals surface area contributed by atoms with E-state index in [0.29, 0.717) is 16.4 Å². The van der Waals surface area contributed by atoms with Gasteiger partial charge < -0.3 is 15.5 Å². The van der Waals surface area contributed by atoms with Crippen molar-refractivity contribution < 1.29 is 5.21 Å². The maximum absolute atomic E-state index is 8.85. The molecule has 0 aliphatic carbocycles. The number of aromatic nitrogens is 5. The molecule has 3 N–H and O–H groups in total. The molecule has 2 aromatic rings. The third kappa shape index (κ3) is 2.28. The number of hydrogen-bond acceptors (Lipinski definition) is 6. The second-order valence-corrected chi connectivity index (χ2v) is 5.02. The van der Waals surface area contributed by atoms with E-state index in [1.54, 1.807) is 18.7 Å². The molecule has 102 valence electrons. The molecule has 0 spiro atoms. The van der Waals surface area contributed by atoms with Crippen LogP contribution in [-0.4, -0.2) is 35.6 Å². The summed E-state index contributed by atoms with van der Waals surface area (Å²) in [5.41, 5.74) is 7.00. The Hall–Kier alpha value is -2.03. The van der Waals surface area contributed by atoms with Gasteiger partial charge in [-0.25, -0.2) is 0 Å². The van der Waals surface area contributed by atoms with Gasteiger partial charge in [-0.3, -0.25) is 4.68 Å². The predicted molar refractivity (Wildman–Crippen MR) is 70.3 cm³/mol. The Bertz CT molecular complexity index is 643. The van der Waals surface area contributed by atoms with E-state index in [2.05, 4.69) is 20.5 Å². The van der Waals surface area contributed by atoms with Crippen molar-refractivity contribution in [3.8, 4) is 0 Å². The molecule has 19 heavy (non-hydrogen) atoms. The lowest BCUT2D eigenvalue weighted by molar-refractivity contribution is 0.318. The Kier molecular flexibility index (Phi) is 3.47. The quantitative estimate of drug-likeness (QED) is 0.365. The minimum atomic E-state index is 0.0343. The Morgan fingerprint density at radius 1 is 1.32 bits per heavy atom. The van der Waals surface area contributed by atoms with Crippen molar-refractivity contribution in [1.29, 1.82) is 0 Å². The molecule has 0 radical (unpaired) electrons. The molecule has 0 amide bonds. The molecule has 8 nitrogen and oxygen atoms in total. The number of oxime groups is 1. The fourth-order valence-electron chi connectivity index (χ4n) is 1.66. The molecular weight excluding hydrogens is 266 g/mol. The van der Waals surface area contributed by atoms with E-state index in [4.69, 9.17) is 10.9 Å². The Morgan fingerprint density at radius 3 is 2.53 bits per heavy atom. The SMILES string of the molecule is Cc1nn(C)c(Sc2nnc(C)n2C)c1C(N)=NO. The summed E-state index contributed by atoms with van der Waals surface area (Å²) in [4.78, 5) is 0. The lowest BCUT2D eigenvalue weighted by Crippen LogP contribution is -2.15. The monoisotopic (exact) mass is 281 g/mol. The summed E-state index contributed by atoms with van der Waals surface area (Å²) in [6.45, 7) is 3.68. The van der Waals surface area contributed by atoms with Crippen LogP contribution >= 0.6 is 11.8 Å². The predicted octanol–water partition coefficient (Wildman–Crippen LogP) is 0.411. The molecule has 0 aliphatic heterocycles. The molecule has 0 fully saturated rings. The van der Waals surface area contributed by atoms with Crippen molar-refractivity contribution in [2.24, 2.45) is 25.0 Å². The van der Waals surface area contributed by atoms with Crippen LogP contribution < -0.4 is 5.73 Å². The highest BCUT2D eigenvalue weighted by Crippen LogP contribution is 2.30. The van der Waals surface area contributed by atoms with E-state index in [0.717, 1.165) is 10.9 Å². The minimum absolute atomic E-state index is 0.0343. The Labute approximate surface area is 114 Å². The van der Waals surface area contributed by atoms with Gasteiger partial charge in [0.1, 0.15) is 10.9 Å². The molecule has 0 aliphatic rings. The number of aryl methyl sites for hydroxylation is 3. The van der Waals surface area contributed by atoms with Crippen LogP contribution in [0.3, 0.4) is 0 Å². The lowest BCUT2D eigenvalue weighted by atomic mass is 10.2. The normalized spacial score (nSPS) is 12.1. The summed E-state index contributed by atoms with van der Waals surface area (Å²) in [6.07, 6.45) is 0. The number of rotatable bonds is 3. The number of hydrogen-bond donors (Lipinski definition) is 2. The molecule has 2 heterocycles. The van der Waals surface area contributed by atoms with Crippen molar-refractivity contribution in [1.82, 2.24) is 24.5 Å². The second-order valence-electron chi connectivity index (χ2n) is 4.07. The fraction of sp³-hybridized carbons (Fsp3) is 0.400. The van der Waals surface area contributed by atoms with Gasteiger partial charge in [0.2, 0.25) is 0 Å². The summed E-state index contributed by atoms with van der Waals surface area (Å²) in [6, 6.07) is 0.